The molecule has 10 heteroatoms. The van der Waals surface area contributed by atoms with Crippen LogP contribution in [0.5, 0.6) is 0 Å². The van der Waals surface area contributed by atoms with Crippen molar-refractivity contribution in [2.24, 2.45) is 5.73 Å². The van der Waals surface area contributed by atoms with Crippen LogP contribution < -0.4 is 16.0 Å². The Balaban J connectivity index is 1.75. The Morgan fingerprint density at radius 3 is 3.00 bits per heavy atom. The molecule has 25 heavy (non-hydrogen) atoms. The van der Waals surface area contributed by atoms with Crippen LogP contribution in [0, 0.1) is 5.82 Å². The first-order valence-electron chi connectivity index (χ1n) is 7.65. The number of nitrogens with one attached hydrogen (secondary N) is 1. The van der Waals surface area contributed by atoms with E-state index in [4.69, 9.17) is 22.7 Å². The van der Waals surface area contributed by atoms with Gasteiger partial charge in [-0.1, -0.05) is 23.6 Å². The van der Waals surface area contributed by atoms with E-state index in [1.54, 1.807) is 24.0 Å². The molecule has 1 unspecified atom stereocenters. The number of aliphatic hydroxyl groups excluding tert-OH is 1. The number of ether oxygens (including phenoxy) is 1. The average molecular weight is 383 g/mol. The van der Waals surface area contributed by atoms with Gasteiger partial charge in [-0.3, -0.25) is 0 Å². The Labute approximate surface area is 153 Å². The van der Waals surface area contributed by atoms with Gasteiger partial charge in [-0.05, 0) is 25.1 Å². The van der Waals surface area contributed by atoms with Crippen LogP contribution in [0.3, 0.4) is 0 Å². The third kappa shape index (κ3) is 4.10. The highest BCUT2D eigenvalue weighted by Crippen LogP contribution is 2.31. The number of aromatic nitrogens is 2. The Morgan fingerprint density at radius 1 is 1.56 bits per heavy atom. The molecular formula is C15H18FN5O2S2. The van der Waals surface area contributed by atoms with E-state index in [2.05, 4.69) is 15.5 Å². The molecule has 4 N–H and O–H groups in total. The fourth-order valence-electron chi connectivity index (χ4n) is 2.50. The standard InChI is InChI=1S/C15H18FN5O2S2/c1-8(24)18-6-10-7-21(15(22)23-10)9-2-3-11(12(16)4-9)14-20-19-13(5-17)25-14/h2-4,10,15,22H,5-7,17H2,1H3,(H,18,24)/t10-,15?/m0/s1. The second-order valence-electron chi connectivity index (χ2n) is 5.54. The number of benzene rings is 1. The molecule has 1 aromatic carbocycles. The first kappa shape index (κ1) is 18.1. The third-order valence-corrected chi connectivity index (χ3v) is 4.84. The molecule has 1 fully saturated rings. The lowest BCUT2D eigenvalue weighted by Crippen LogP contribution is -2.33. The topological polar surface area (TPSA) is 96.5 Å². The summed E-state index contributed by atoms with van der Waals surface area (Å²) in [6, 6.07) is 4.69. The van der Waals surface area contributed by atoms with Crippen molar-refractivity contribution in [1.29, 1.82) is 0 Å². The monoisotopic (exact) mass is 383 g/mol. The molecule has 0 saturated carbocycles. The molecule has 0 radical (unpaired) electrons. The minimum absolute atomic E-state index is 0.245. The van der Waals surface area contributed by atoms with Crippen LogP contribution >= 0.6 is 23.6 Å². The highest BCUT2D eigenvalue weighted by Gasteiger charge is 2.32. The second-order valence-corrected chi connectivity index (χ2v) is 7.22. The maximum atomic E-state index is 14.5. The third-order valence-electron chi connectivity index (χ3n) is 3.72. The highest BCUT2D eigenvalue weighted by atomic mass is 32.1. The summed E-state index contributed by atoms with van der Waals surface area (Å²) in [6.45, 7) is 2.95. The van der Waals surface area contributed by atoms with Crippen molar-refractivity contribution >= 4 is 34.2 Å². The highest BCUT2D eigenvalue weighted by molar-refractivity contribution is 7.80. The largest absolute Gasteiger partial charge is 0.377 e. The van der Waals surface area contributed by atoms with Gasteiger partial charge in [0.05, 0.1) is 17.6 Å². The predicted octanol–water partition coefficient (Wildman–Crippen LogP) is 1.22. The van der Waals surface area contributed by atoms with Crippen LogP contribution in [0.1, 0.15) is 11.9 Å². The molecule has 2 atom stereocenters. The van der Waals surface area contributed by atoms with E-state index in [9.17, 15) is 9.50 Å². The number of hydrogen-bond donors (Lipinski definition) is 3. The first-order valence-corrected chi connectivity index (χ1v) is 8.87. The van der Waals surface area contributed by atoms with Gasteiger partial charge in [0.15, 0.2) is 5.01 Å². The molecular weight excluding hydrogens is 365 g/mol. The van der Waals surface area contributed by atoms with E-state index >= 15 is 0 Å². The van der Waals surface area contributed by atoms with Crippen LogP contribution in [-0.2, 0) is 11.3 Å². The van der Waals surface area contributed by atoms with E-state index in [-0.39, 0.29) is 12.6 Å². The predicted molar refractivity (Wildman–Crippen MR) is 97.7 cm³/mol. The molecule has 2 heterocycles. The molecule has 1 aliphatic rings. The van der Waals surface area contributed by atoms with Crippen molar-refractivity contribution in [2.75, 3.05) is 18.0 Å². The van der Waals surface area contributed by atoms with Gasteiger partial charge in [-0.25, -0.2) is 4.39 Å². The zero-order valence-corrected chi connectivity index (χ0v) is 15.1. The van der Waals surface area contributed by atoms with E-state index in [1.165, 1.54) is 17.4 Å². The summed E-state index contributed by atoms with van der Waals surface area (Å²) in [6.07, 6.45) is -1.38. The smallest absolute Gasteiger partial charge is 0.238 e. The Hall–Kier alpha value is -1.72. The fourth-order valence-corrected chi connectivity index (χ4v) is 3.33. The van der Waals surface area contributed by atoms with Gasteiger partial charge < -0.3 is 25.8 Å². The second kappa shape index (κ2) is 7.67. The van der Waals surface area contributed by atoms with Gasteiger partial charge >= 0.3 is 0 Å². The fraction of sp³-hybridized carbons (Fsp3) is 0.400. The lowest BCUT2D eigenvalue weighted by molar-refractivity contribution is -0.0864. The van der Waals surface area contributed by atoms with Crippen molar-refractivity contribution in [3.8, 4) is 10.6 Å². The normalized spacial score (nSPS) is 20.1. The van der Waals surface area contributed by atoms with E-state index < -0.39 is 12.2 Å². The summed E-state index contributed by atoms with van der Waals surface area (Å²) in [4.78, 5) is 2.24. The van der Waals surface area contributed by atoms with Crippen LogP contribution in [0.2, 0.25) is 0 Å². The maximum absolute atomic E-state index is 14.5. The molecule has 0 spiro atoms. The molecule has 2 aromatic rings. The van der Waals surface area contributed by atoms with Crippen LogP contribution in [0.4, 0.5) is 10.1 Å². The van der Waals surface area contributed by atoms with Crippen molar-refractivity contribution in [3.05, 3.63) is 29.0 Å². The quantitative estimate of drug-likeness (QED) is 0.664. The minimum atomic E-state index is -1.13. The van der Waals surface area contributed by atoms with E-state index in [0.29, 0.717) is 39.3 Å². The van der Waals surface area contributed by atoms with Gasteiger partial charge in [0.2, 0.25) is 6.41 Å². The molecule has 1 aliphatic heterocycles. The van der Waals surface area contributed by atoms with Crippen molar-refractivity contribution < 1.29 is 14.2 Å². The zero-order chi connectivity index (χ0) is 18.0. The summed E-state index contributed by atoms with van der Waals surface area (Å²) >= 11 is 6.21. The molecule has 0 bridgehead atoms. The average Bonchev–Trinajstić information content (AvgIpc) is 3.19. The summed E-state index contributed by atoms with van der Waals surface area (Å²) in [5, 5.41) is 22.0. The van der Waals surface area contributed by atoms with Gasteiger partial charge in [0.1, 0.15) is 10.8 Å². The van der Waals surface area contributed by atoms with Crippen LogP contribution in [0.25, 0.3) is 10.6 Å². The van der Waals surface area contributed by atoms with Gasteiger partial charge in [0, 0.05) is 24.3 Å². The number of thiocarbonyl (C=S) groups is 1. The van der Waals surface area contributed by atoms with Crippen LogP contribution in [-0.4, -0.2) is 45.9 Å². The van der Waals surface area contributed by atoms with Crippen molar-refractivity contribution in [3.63, 3.8) is 0 Å². The summed E-state index contributed by atoms with van der Waals surface area (Å²) in [7, 11) is 0. The van der Waals surface area contributed by atoms with E-state index in [1.807, 2.05) is 0 Å². The van der Waals surface area contributed by atoms with Crippen LogP contribution in [0.15, 0.2) is 18.2 Å². The summed E-state index contributed by atoms with van der Waals surface area (Å²) < 4.78 is 20.0. The van der Waals surface area contributed by atoms with Crippen molar-refractivity contribution in [1.82, 2.24) is 15.5 Å². The number of rotatable bonds is 5. The lowest BCUT2D eigenvalue weighted by Gasteiger charge is -2.20. The zero-order valence-electron chi connectivity index (χ0n) is 13.5. The number of nitrogens with zero attached hydrogens (tertiary/aromatic N) is 3. The molecule has 0 aliphatic carbocycles. The molecule has 7 nitrogen and oxygen atoms in total. The molecule has 1 saturated heterocycles. The Bertz CT molecular complexity index is 772. The van der Waals surface area contributed by atoms with Gasteiger partial charge in [-0.2, -0.15) is 0 Å². The summed E-state index contributed by atoms with van der Waals surface area (Å²) in [5.74, 6) is -0.444. The number of nitrogens with two attached hydrogens (primary N) is 1. The molecule has 1 aromatic heterocycles. The summed E-state index contributed by atoms with van der Waals surface area (Å²) in [5.41, 5.74) is 6.39. The number of halogens is 1. The van der Waals surface area contributed by atoms with Crippen molar-refractivity contribution in [2.45, 2.75) is 26.0 Å². The minimum Gasteiger partial charge on any atom is -0.377 e. The molecule has 0 amide bonds. The number of anilines is 1. The maximum Gasteiger partial charge on any atom is 0.238 e. The Kier molecular flexibility index (Phi) is 5.54. The first-order chi connectivity index (χ1) is 12.0. The Morgan fingerprint density at radius 2 is 2.36 bits per heavy atom. The number of hydrogen-bond acceptors (Lipinski definition) is 8. The van der Waals surface area contributed by atoms with Gasteiger partial charge in [0.25, 0.3) is 0 Å². The molecule has 3 rings (SSSR count). The SMILES string of the molecule is CC(=S)NC[C@H]1CN(c2ccc(-c3nnc(CN)s3)c(F)c2)C(O)O1. The molecule has 134 valence electrons. The lowest BCUT2D eigenvalue weighted by atomic mass is 10.2. The van der Waals surface area contributed by atoms with E-state index in [0.717, 1.165) is 0 Å². The van der Waals surface area contributed by atoms with Gasteiger partial charge in [-0.15, -0.1) is 10.2 Å². The number of aliphatic hydroxyl groups is 1.